The molecule has 20 heavy (non-hydrogen) atoms. The van der Waals surface area contributed by atoms with Gasteiger partial charge in [0.2, 0.25) is 0 Å². The van der Waals surface area contributed by atoms with E-state index in [2.05, 4.69) is 4.90 Å². The summed E-state index contributed by atoms with van der Waals surface area (Å²) in [6.07, 6.45) is -0.0916. The minimum atomic E-state index is -0.647. The summed E-state index contributed by atoms with van der Waals surface area (Å²) >= 11 is 0. The summed E-state index contributed by atoms with van der Waals surface area (Å²) in [5.74, 6) is 1.49. The monoisotopic (exact) mass is 277 g/mol. The van der Waals surface area contributed by atoms with Crippen LogP contribution in [-0.4, -0.2) is 23.6 Å². The van der Waals surface area contributed by atoms with E-state index in [0.29, 0.717) is 25.1 Å². The van der Waals surface area contributed by atoms with Crippen LogP contribution < -0.4 is 0 Å². The Hall–Kier alpha value is -1.65. The quantitative estimate of drug-likeness (QED) is 0.880. The number of nitrogens with zero attached hydrogens (tertiary/aromatic N) is 1. The highest BCUT2D eigenvalue weighted by Gasteiger charge is 2.10. The van der Waals surface area contributed by atoms with Gasteiger partial charge < -0.3 is 9.52 Å². The second kappa shape index (κ2) is 6.68. The van der Waals surface area contributed by atoms with Crippen LogP contribution in [0.15, 0.2) is 40.8 Å². The Kier molecular flexibility index (Phi) is 4.93. The first-order chi connectivity index (χ1) is 9.54. The topological polar surface area (TPSA) is 36.6 Å². The Morgan fingerprint density at radius 2 is 2.10 bits per heavy atom. The van der Waals surface area contributed by atoms with Crippen LogP contribution in [0.5, 0.6) is 0 Å². The average molecular weight is 277 g/mol. The number of halogens is 1. The maximum atomic E-state index is 13.1. The fraction of sp³-hybridized carbons (Fsp3) is 0.375. The van der Waals surface area contributed by atoms with Gasteiger partial charge in [-0.2, -0.15) is 0 Å². The van der Waals surface area contributed by atoms with Crippen molar-refractivity contribution in [2.75, 3.05) is 13.6 Å². The zero-order valence-corrected chi connectivity index (χ0v) is 11.8. The fourth-order valence-electron chi connectivity index (χ4n) is 2.14. The normalized spacial score (nSPS) is 12.8. The molecule has 2 rings (SSSR count). The largest absolute Gasteiger partial charge is 0.465 e. The third kappa shape index (κ3) is 4.18. The van der Waals surface area contributed by atoms with Crippen molar-refractivity contribution in [3.8, 4) is 0 Å². The molecular formula is C16H20FNO2. The number of hydrogen-bond donors (Lipinski definition) is 1. The van der Waals surface area contributed by atoms with Gasteiger partial charge in [0, 0.05) is 6.54 Å². The van der Waals surface area contributed by atoms with E-state index in [4.69, 9.17) is 4.42 Å². The molecule has 0 aliphatic heterocycles. The highest BCUT2D eigenvalue weighted by molar-refractivity contribution is 5.18. The van der Waals surface area contributed by atoms with Crippen molar-refractivity contribution >= 4 is 0 Å². The van der Waals surface area contributed by atoms with Gasteiger partial charge in [0.1, 0.15) is 17.3 Å². The minimum absolute atomic E-state index is 0.319. The Balaban J connectivity index is 1.82. The summed E-state index contributed by atoms with van der Waals surface area (Å²) in [7, 11) is 1.97. The zero-order valence-electron chi connectivity index (χ0n) is 11.8. The highest BCUT2D eigenvalue weighted by atomic mass is 19.1. The first kappa shape index (κ1) is 14.8. The van der Waals surface area contributed by atoms with Gasteiger partial charge in [0.05, 0.1) is 12.6 Å². The van der Waals surface area contributed by atoms with Gasteiger partial charge in [-0.05, 0) is 50.2 Å². The number of aliphatic hydroxyl groups excluding tert-OH is 1. The number of aliphatic hydroxyl groups is 1. The van der Waals surface area contributed by atoms with Crippen LogP contribution in [0.25, 0.3) is 0 Å². The molecule has 0 aliphatic carbocycles. The first-order valence-electron chi connectivity index (χ1n) is 6.72. The van der Waals surface area contributed by atoms with Gasteiger partial charge in [0.15, 0.2) is 0 Å². The van der Waals surface area contributed by atoms with Crippen molar-refractivity contribution < 1.29 is 13.9 Å². The Morgan fingerprint density at radius 1 is 1.30 bits per heavy atom. The molecule has 1 aromatic carbocycles. The zero-order chi connectivity index (χ0) is 14.5. The van der Waals surface area contributed by atoms with Crippen molar-refractivity contribution in [2.45, 2.75) is 26.0 Å². The molecule has 108 valence electrons. The lowest BCUT2D eigenvalue weighted by atomic mass is 10.1. The van der Waals surface area contributed by atoms with E-state index in [-0.39, 0.29) is 5.82 Å². The molecule has 0 saturated carbocycles. The van der Waals surface area contributed by atoms with E-state index in [9.17, 15) is 9.50 Å². The summed E-state index contributed by atoms with van der Waals surface area (Å²) in [4.78, 5) is 2.07. The number of hydrogen-bond acceptors (Lipinski definition) is 3. The summed E-state index contributed by atoms with van der Waals surface area (Å²) in [5, 5.41) is 10.0. The van der Waals surface area contributed by atoms with Crippen LogP contribution in [0.2, 0.25) is 0 Å². The van der Waals surface area contributed by atoms with E-state index in [0.717, 1.165) is 11.5 Å². The standard InChI is InChI=1S/C16H20FNO2/c1-12-6-7-15(20-12)11-18(2)9-8-16(19)13-4-3-5-14(17)10-13/h3-7,10,16,19H,8-9,11H2,1-2H3. The molecule has 0 aliphatic rings. The first-order valence-corrected chi connectivity index (χ1v) is 6.72. The lowest BCUT2D eigenvalue weighted by Crippen LogP contribution is -2.20. The summed E-state index contributed by atoms with van der Waals surface area (Å²) in [6, 6.07) is 9.99. The van der Waals surface area contributed by atoms with E-state index in [1.54, 1.807) is 12.1 Å². The van der Waals surface area contributed by atoms with E-state index in [1.165, 1.54) is 12.1 Å². The van der Waals surface area contributed by atoms with Crippen LogP contribution >= 0.6 is 0 Å². The van der Waals surface area contributed by atoms with Gasteiger partial charge in [-0.3, -0.25) is 4.90 Å². The van der Waals surface area contributed by atoms with Crippen molar-refractivity contribution in [1.82, 2.24) is 4.90 Å². The number of benzene rings is 1. The van der Waals surface area contributed by atoms with Crippen LogP contribution in [0.4, 0.5) is 4.39 Å². The molecule has 0 saturated heterocycles. The number of rotatable bonds is 6. The molecule has 1 heterocycles. The Morgan fingerprint density at radius 3 is 2.75 bits per heavy atom. The smallest absolute Gasteiger partial charge is 0.123 e. The summed E-state index contributed by atoms with van der Waals surface area (Å²) < 4.78 is 18.6. The molecule has 3 nitrogen and oxygen atoms in total. The SMILES string of the molecule is Cc1ccc(CN(C)CCC(O)c2cccc(F)c2)o1. The molecule has 2 aromatic rings. The Labute approximate surface area is 118 Å². The van der Waals surface area contributed by atoms with Crippen LogP contribution in [-0.2, 0) is 6.54 Å². The Bertz CT molecular complexity index is 553. The summed E-state index contributed by atoms with van der Waals surface area (Å²) in [5.41, 5.74) is 0.618. The second-order valence-electron chi connectivity index (χ2n) is 5.11. The number of aryl methyl sites for hydroxylation is 1. The average Bonchev–Trinajstić information content (AvgIpc) is 2.81. The predicted octanol–water partition coefficient (Wildman–Crippen LogP) is 3.28. The second-order valence-corrected chi connectivity index (χ2v) is 5.11. The highest BCUT2D eigenvalue weighted by Crippen LogP contribution is 2.18. The van der Waals surface area contributed by atoms with Crippen molar-refractivity contribution in [2.24, 2.45) is 0 Å². The molecule has 0 fully saturated rings. The molecule has 0 bridgehead atoms. The van der Waals surface area contributed by atoms with E-state index < -0.39 is 6.10 Å². The molecule has 1 unspecified atom stereocenters. The van der Waals surface area contributed by atoms with Gasteiger partial charge in [-0.25, -0.2) is 4.39 Å². The molecule has 1 aromatic heterocycles. The number of furan rings is 1. The predicted molar refractivity (Wildman–Crippen MR) is 75.8 cm³/mol. The van der Waals surface area contributed by atoms with Gasteiger partial charge >= 0.3 is 0 Å². The molecular weight excluding hydrogens is 257 g/mol. The maximum absolute atomic E-state index is 13.1. The lowest BCUT2D eigenvalue weighted by molar-refractivity contribution is 0.145. The third-order valence-electron chi connectivity index (χ3n) is 3.24. The molecule has 1 atom stereocenters. The molecule has 0 spiro atoms. The lowest BCUT2D eigenvalue weighted by Gasteiger charge is -2.18. The van der Waals surface area contributed by atoms with Gasteiger partial charge in [-0.15, -0.1) is 0 Å². The van der Waals surface area contributed by atoms with Gasteiger partial charge in [0.25, 0.3) is 0 Å². The molecule has 0 radical (unpaired) electrons. The minimum Gasteiger partial charge on any atom is -0.465 e. The van der Waals surface area contributed by atoms with Crippen LogP contribution in [0.1, 0.15) is 29.6 Å². The van der Waals surface area contributed by atoms with E-state index >= 15 is 0 Å². The summed E-state index contributed by atoms with van der Waals surface area (Å²) in [6.45, 7) is 3.32. The van der Waals surface area contributed by atoms with Crippen LogP contribution in [0, 0.1) is 12.7 Å². The third-order valence-corrected chi connectivity index (χ3v) is 3.24. The molecule has 4 heteroatoms. The fourth-order valence-corrected chi connectivity index (χ4v) is 2.14. The maximum Gasteiger partial charge on any atom is 0.123 e. The van der Waals surface area contributed by atoms with Crippen molar-refractivity contribution in [3.63, 3.8) is 0 Å². The van der Waals surface area contributed by atoms with Crippen LogP contribution in [0.3, 0.4) is 0 Å². The molecule has 0 amide bonds. The van der Waals surface area contributed by atoms with Gasteiger partial charge in [-0.1, -0.05) is 12.1 Å². The molecule has 1 N–H and O–H groups in total. The van der Waals surface area contributed by atoms with Crippen molar-refractivity contribution in [3.05, 3.63) is 59.3 Å². The van der Waals surface area contributed by atoms with E-state index in [1.807, 2.05) is 26.1 Å². The van der Waals surface area contributed by atoms with Crippen molar-refractivity contribution in [1.29, 1.82) is 0 Å².